The van der Waals surface area contributed by atoms with E-state index in [0.29, 0.717) is 13.1 Å². The van der Waals surface area contributed by atoms with Gasteiger partial charge in [-0.3, -0.25) is 0 Å². The maximum atomic E-state index is 13.2. The van der Waals surface area contributed by atoms with E-state index in [9.17, 15) is 9.18 Å². The van der Waals surface area contributed by atoms with Gasteiger partial charge in [0.2, 0.25) is 0 Å². The summed E-state index contributed by atoms with van der Waals surface area (Å²) in [5, 5.41) is 2.91. The van der Waals surface area contributed by atoms with Crippen molar-refractivity contribution in [1.82, 2.24) is 15.1 Å². The lowest BCUT2D eigenvalue weighted by Gasteiger charge is -2.33. The van der Waals surface area contributed by atoms with Crippen LogP contribution in [0.15, 0.2) is 24.3 Å². The van der Waals surface area contributed by atoms with Gasteiger partial charge in [0.15, 0.2) is 0 Å². The predicted octanol–water partition coefficient (Wildman–Crippen LogP) is 1.83. The summed E-state index contributed by atoms with van der Waals surface area (Å²) in [6, 6.07) is 6.56. The van der Waals surface area contributed by atoms with Crippen LogP contribution in [0.5, 0.6) is 0 Å². The van der Waals surface area contributed by atoms with Gasteiger partial charge < -0.3 is 19.9 Å². The van der Waals surface area contributed by atoms with Gasteiger partial charge in [-0.05, 0) is 44.6 Å². The van der Waals surface area contributed by atoms with E-state index in [1.54, 1.807) is 6.07 Å². The van der Waals surface area contributed by atoms with Crippen LogP contribution < -0.4 is 5.32 Å². The Labute approximate surface area is 136 Å². The number of fused-ring (bicyclic) bond motifs is 1. The monoisotopic (exact) mass is 321 g/mol. The number of halogens is 1. The van der Waals surface area contributed by atoms with Gasteiger partial charge in [0.05, 0.1) is 18.2 Å². The van der Waals surface area contributed by atoms with Crippen molar-refractivity contribution in [3.8, 4) is 0 Å². The molecule has 126 valence electrons. The number of benzene rings is 1. The summed E-state index contributed by atoms with van der Waals surface area (Å²) in [6.07, 6.45) is 2.04. The number of nitrogens with zero attached hydrogens (tertiary/aromatic N) is 2. The number of urea groups is 1. The van der Waals surface area contributed by atoms with Crippen molar-refractivity contribution in [3.05, 3.63) is 35.6 Å². The van der Waals surface area contributed by atoms with Crippen molar-refractivity contribution < 1.29 is 13.9 Å². The Morgan fingerprint density at radius 2 is 2.30 bits per heavy atom. The van der Waals surface area contributed by atoms with Crippen LogP contribution >= 0.6 is 0 Å². The highest BCUT2D eigenvalue weighted by Crippen LogP contribution is 2.30. The van der Waals surface area contributed by atoms with Gasteiger partial charge in [-0.15, -0.1) is 0 Å². The number of carbonyl (C=O) groups excluding carboxylic acids is 1. The molecule has 0 unspecified atom stereocenters. The highest BCUT2D eigenvalue weighted by atomic mass is 19.1. The topological polar surface area (TPSA) is 44.8 Å². The molecule has 2 heterocycles. The predicted molar refractivity (Wildman–Crippen MR) is 85.6 cm³/mol. The van der Waals surface area contributed by atoms with Gasteiger partial charge in [-0.2, -0.15) is 0 Å². The van der Waals surface area contributed by atoms with Crippen LogP contribution in [0.25, 0.3) is 0 Å². The standard InChI is InChI=1S/C17H24FN3O2/c1-20(2)15-11-21(14-7-4-8-23-16(14)15)17(22)19-10-12-5-3-6-13(18)9-12/h3,5-6,9,14-16H,4,7-8,10-11H2,1-2H3,(H,19,22)/t14-,15-,16+/m1/s1. The number of likely N-dealkylation sites (tertiary alicyclic amines) is 1. The number of ether oxygens (including phenoxy) is 1. The fraction of sp³-hybridized carbons (Fsp3) is 0.588. The molecule has 3 atom stereocenters. The molecule has 2 fully saturated rings. The third-order valence-corrected chi connectivity index (χ3v) is 4.75. The summed E-state index contributed by atoms with van der Waals surface area (Å²) >= 11 is 0. The number of hydrogen-bond donors (Lipinski definition) is 1. The molecular weight excluding hydrogens is 297 g/mol. The number of amides is 2. The number of nitrogens with one attached hydrogen (secondary N) is 1. The van der Waals surface area contributed by atoms with E-state index in [2.05, 4.69) is 10.2 Å². The van der Waals surface area contributed by atoms with Crippen molar-refractivity contribution in [1.29, 1.82) is 0 Å². The Hall–Kier alpha value is -1.66. The van der Waals surface area contributed by atoms with Gasteiger partial charge in [0.25, 0.3) is 0 Å². The minimum Gasteiger partial charge on any atom is -0.374 e. The smallest absolute Gasteiger partial charge is 0.318 e. The first-order valence-corrected chi connectivity index (χ1v) is 8.13. The maximum Gasteiger partial charge on any atom is 0.318 e. The number of carbonyl (C=O) groups is 1. The highest BCUT2D eigenvalue weighted by Gasteiger charge is 2.46. The van der Waals surface area contributed by atoms with Crippen LogP contribution in [-0.4, -0.2) is 61.3 Å². The fourth-order valence-corrected chi connectivity index (χ4v) is 3.55. The highest BCUT2D eigenvalue weighted by molar-refractivity contribution is 5.75. The lowest BCUT2D eigenvalue weighted by atomic mass is 10.0. The molecule has 0 aliphatic carbocycles. The van der Waals surface area contributed by atoms with E-state index in [1.165, 1.54) is 12.1 Å². The first kappa shape index (κ1) is 16.2. The lowest BCUT2D eigenvalue weighted by molar-refractivity contribution is -0.0295. The van der Waals surface area contributed by atoms with E-state index in [0.717, 1.165) is 25.0 Å². The number of hydrogen-bond acceptors (Lipinski definition) is 3. The zero-order chi connectivity index (χ0) is 16.4. The number of likely N-dealkylation sites (N-methyl/N-ethyl adjacent to an activating group) is 1. The van der Waals surface area contributed by atoms with Crippen LogP contribution in [0.4, 0.5) is 9.18 Å². The molecule has 1 aromatic carbocycles. The summed E-state index contributed by atoms with van der Waals surface area (Å²) in [6.45, 7) is 1.76. The van der Waals surface area contributed by atoms with Crippen molar-refractivity contribution in [2.75, 3.05) is 27.2 Å². The normalized spacial score (nSPS) is 27.1. The Kier molecular flexibility index (Phi) is 4.82. The molecule has 2 aliphatic heterocycles. The molecule has 0 bridgehead atoms. The molecule has 2 saturated heterocycles. The summed E-state index contributed by atoms with van der Waals surface area (Å²) in [5.74, 6) is -0.286. The molecule has 1 aromatic rings. The molecule has 0 radical (unpaired) electrons. The average Bonchev–Trinajstić information content (AvgIpc) is 2.93. The third kappa shape index (κ3) is 3.48. The lowest BCUT2D eigenvalue weighted by Crippen LogP contribution is -2.47. The second-order valence-corrected chi connectivity index (χ2v) is 6.52. The molecule has 2 amide bonds. The SMILES string of the molecule is CN(C)[C@@H]1CN(C(=O)NCc2cccc(F)c2)[C@@H]2CCCO[C@H]12. The van der Waals surface area contributed by atoms with E-state index in [4.69, 9.17) is 4.74 Å². The van der Waals surface area contributed by atoms with Gasteiger partial charge in [0.1, 0.15) is 5.82 Å². The molecule has 5 nitrogen and oxygen atoms in total. The van der Waals surface area contributed by atoms with Crippen molar-refractivity contribution in [3.63, 3.8) is 0 Å². The average molecular weight is 321 g/mol. The van der Waals surface area contributed by atoms with Crippen molar-refractivity contribution >= 4 is 6.03 Å². The first-order chi connectivity index (χ1) is 11.1. The minimum absolute atomic E-state index is 0.0821. The Bertz CT molecular complexity index is 567. The Morgan fingerprint density at radius 1 is 1.48 bits per heavy atom. The molecule has 0 aromatic heterocycles. The van der Waals surface area contributed by atoms with Crippen LogP contribution in [0.3, 0.4) is 0 Å². The van der Waals surface area contributed by atoms with Gasteiger partial charge in [-0.1, -0.05) is 12.1 Å². The minimum atomic E-state index is -0.286. The van der Waals surface area contributed by atoms with Gasteiger partial charge >= 0.3 is 6.03 Å². The summed E-state index contributed by atoms with van der Waals surface area (Å²) in [7, 11) is 4.04. The molecule has 1 N–H and O–H groups in total. The summed E-state index contributed by atoms with van der Waals surface area (Å²) in [4.78, 5) is 16.6. The van der Waals surface area contributed by atoms with E-state index in [1.807, 2.05) is 25.1 Å². The van der Waals surface area contributed by atoms with Crippen LogP contribution in [0.1, 0.15) is 18.4 Å². The summed E-state index contributed by atoms with van der Waals surface area (Å²) in [5.41, 5.74) is 0.762. The summed E-state index contributed by atoms with van der Waals surface area (Å²) < 4.78 is 19.1. The Balaban J connectivity index is 1.64. The van der Waals surface area contributed by atoms with E-state index in [-0.39, 0.29) is 30.0 Å². The number of rotatable bonds is 3. The Morgan fingerprint density at radius 3 is 3.04 bits per heavy atom. The van der Waals surface area contributed by atoms with E-state index >= 15 is 0 Å². The molecular formula is C17H24FN3O2. The zero-order valence-electron chi connectivity index (χ0n) is 13.7. The van der Waals surface area contributed by atoms with Crippen molar-refractivity contribution in [2.24, 2.45) is 0 Å². The molecule has 2 aliphatic rings. The third-order valence-electron chi connectivity index (χ3n) is 4.75. The van der Waals surface area contributed by atoms with Crippen LogP contribution in [0, 0.1) is 5.82 Å². The quantitative estimate of drug-likeness (QED) is 0.924. The fourth-order valence-electron chi connectivity index (χ4n) is 3.55. The molecule has 0 spiro atoms. The second-order valence-electron chi connectivity index (χ2n) is 6.52. The second kappa shape index (κ2) is 6.84. The van der Waals surface area contributed by atoms with Crippen LogP contribution in [0.2, 0.25) is 0 Å². The zero-order valence-corrected chi connectivity index (χ0v) is 13.7. The van der Waals surface area contributed by atoms with Gasteiger partial charge in [-0.25, -0.2) is 9.18 Å². The molecule has 6 heteroatoms. The van der Waals surface area contributed by atoms with Gasteiger partial charge in [0, 0.05) is 19.7 Å². The van der Waals surface area contributed by atoms with Crippen LogP contribution in [-0.2, 0) is 11.3 Å². The molecule has 3 rings (SSSR count). The maximum absolute atomic E-state index is 13.2. The van der Waals surface area contributed by atoms with Crippen molar-refractivity contribution in [2.45, 2.75) is 37.6 Å². The largest absolute Gasteiger partial charge is 0.374 e. The first-order valence-electron chi connectivity index (χ1n) is 8.13. The van der Waals surface area contributed by atoms with E-state index < -0.39 is 0 Å². The molecule has 0 saturated carbocycles. The molecule has 23 heavy (non-hydrogen) atoms.